The number of carbonyl (C=O) groups is 1. The van der Waals surface area contributed by atoms with Crippen LogP contribution in [0.15, 0.2) is 12.4 Å². The second-order valence-electron chi connectivity index (χ2n) is 2.44. The minimum atomic E-state index is -0.375. The number of pyridine rings is 1. The van der Waals surface area contributed by atoms with Gasteiger partial charge in [0, 0.05) is 11.8 Å². The van der Waals surface area contributed by atoms with Crippen molar-refractivity contribution in [1.29, 1.82) is 0 Å². The summed E-state index contributed by atoms with van der Waals surface area (Å²) < 4.78 is 4.49. The predicted octanol–water partition coefficient (Wildman–Crippen LogP) is 1.03. The van der Waals surface area contributed by atoms with Crippen LogP contribution in [0.2, 0.25) is 5.02 Å². The summed E-state index contributed by atoms with van der Waals surface area (Å²) in [7, 11) is 1.31. The third kappa shape index (κ3) is 2.32. The zero-order chi connectivity index (χ0) is 9.84. The van der Waals surface area contributed by atoms with Crippen LogP contribution in [0.3, 0.4) is 0 Å². The Morgan fingerprint density at radius 1 is 1.69 bits per heavy atom. The molecule has 0 radical (unpaired) electrons. The predicted molar refractivity (Wildman–Crippen MR) is 49.4 cm³/mol. The van der Waals surface area contributed by atoms with Crippen LogP contribution in [-0.4, -0.2) is 18.1 Å². The smallest absolute Gasteiger partial charge is 0.310 e. The first-order valence-corrected chi connectivity index (χ1v) is 3.97. The number of hydrogen-bond acceptors (Lipinski definition) is 4. The molecule has 0 spiro atoms. The molecule has 0 aliphatic rings. The molecular weight excluding hydrogens is 192 g/mol. The normalized spacial score (nSPS) is 9.69. The van der Waals surface area contributed by atoms with Crippen LogP contribution in [0.4, 0.5) is 5.69 Å². The number of aromatic nitrogens is 1. The fraction of sp³-hybridized carbons (Fsp3) is 0.250. The van der Waals surface area contributed by atoms with Crippen molar-refractivity contribution in [3.05, 3.63) is 23.0 Å². The van der Waals surface area contributed by atoms with E-state index in [0.717, 1.165) is 0 Å². The van der Waals surface area contributed by atoms with Gasteiger partial charge in [-0.05, 0) is 0 Å². The standard InChI is InChI=1S/C8H9ClN2O2/c1-13-8(12)2-5-6(9)3-11-4-7(5)10/h3-4H,2,10H2,1H3. The number of esters is 1. The van der Waals surface area contributed by atoms with Gasteiger partial charge in [-0.15, -0.1) is 0 Å². The van der Waals surface area contributed by atoms with Crippen LogP contribution in [0.1, 0.15) is 5.56 Å². The third-order valence-corrected chi connectivity index (χ3v) is 1.91. The lowest BCUT2D eigenvalue weighted by molar-refractivity contribution is -0.139. The largest absolute Gasteiger partial charge is 0.469 e. The molecule has 2 N–H and O–H groups in total. The highest BCUT2D eigenvalue weighted by Crippen LogP contribution is 2.20. The molecule has 0 saturated heterocycles. The Labute approximate surface area is 80.7 Å². The number of methoxy groups -OCH3 is 1. The summed E-state index contributed by atoms with van der Waals surface area (Å²) in [4.78, 5) is 14.7. The summed E-state index contributed by atoms with van der Waals surface area (Å²) in [6, 6.07) is 0. The molecule has 0 amide bonds. The van der Waals surface area contributed by atoms with Gasteiger partial charge in [-0.3, -0.25) is 9.78 Å². The Balaban J connectivity index is 2.93. The Morgan fingerprint density at radius 3 is 2.92 bits per heavy atom. The number of nitrogens with zero attached hydrogens (tertiary/aromatic N) is 1. The van der Waals surface area contributed by atoms with E-state index in [9.17, 15) is 4.79 Å². The molecule has 1 rings (SSSR count). The van der Waals surface area contributed by atoms with Crippen LogP contribution in [0.5, 0.6) is 0 Å². The molecule has 0 unspecified atom stereocenters. The molecule has 0 aromatic carbocycles. The average Bonchev–Trinajstić information content (AvgIpc) is 2.11. The number of nitrogen functional groups attached to an aromatic ring is 1. The Hall–Kier alpha value is -1.29. The van der Waals surface area contributed by atoms with Gasteiger partial charge in [-0.25, -0.2) is 0 Å². The molecule has 0 aliphatic heterocycles. The van der Waals surface area contributed by atoms with Crippen molar-refractivity contribution in [2.24, 2.45) is 0 Å². The van der Waals surface area contributed by atoms with E-state index >= 15 is 0 Å². The van der Waals surface area contributed by atoms with Gasteiger partial charge in [0.25, 0.3) is 0 Å². The molecular formula is C8H9ClN2O2. The first-order chi connectivity index (χ1) is 6.15. The molecule has 70 valence electrons. The first kappa shape index (κ1) is 9.80. The van der Waals surface area contributed by atoms with E-state index in [1.807, 2.05) is 0 Å². The van der Waals surface area contributed by atoms with E-state index < -0.39 is 0 Å². The lowest BCUT2D eigenvalue weighted by Crippen LogP contribution is -2.07. The Morgan fingerprint density at radius 2 is 2.38 bits per heavy atom. The van der Waals surface area contributed by atoms with Gasteiger partial charge >= 0.3 is 5.97 Å². The quantitative estimate of drug-likeness (QED) is 0.725. The molecule has 1 heterocycles. The van der Waals surface area contributed by atoms with Crippen molar-refractivity contribution in [2.75, 3.05) is 12.8 Å². The zero-order valence-corrected chi connectivity index (χ0v) is 7.84. The highest BCUT2D eigenvalue weighted by Gasteiger charge is 2.10. The fourth-order valence-corrected chi connectivity index (χ4v) is 1.11. The molecule has 13 heavy (non-hydrogen) atoms. The Bertz CT molecular complexity index is 308. The average molecular weight is 201 g/mol. The topological polar surface area (TPSA) is 65.2 Å². The minimum Gasteiger partial charge on any atom is -0.469 e. The first-order valence-electron chi connectivity index (χ1n) is 3.60. The fourth-order valence-electron chi connectivity index (χ4n) is 0.880. The van der Waals surface area contributed by atoms with Gasteiger partial charge in [-0.1, -0.05) is 11.6 Å². The molecule has 0 bridgehead atoms. The molecule has 4 nitrogen and oxygen atoms in total. The van der Waals surface area contributed by atoms with Crippen molar-refractivity contribution in [1.82, 2.24) is 4.98 Å². The number of nitrogens with two attached hydrogens (primary N) is 1. The van der Waals surface area contributed by atoms with Gasteiger partial charge in [-0.2, -0.15) is 0 Å². The van der Waals surface area contributed by atoms with Gasteiger partial charge in [0.2, 0.25) is 0 Å². The van der Waals surface area contributed by atoms with Gasteiger partial charge in [0.1, 0.15) is 0 Å². The van der Waals surface area contributed by atoms with Crippen LogP contribution >= 0.6 is 11.6 Å². The molecule has 1 aromatic heterocycles. The molecule has 5 heteroatoms. The number of carbonyl (C=O) groups excluding carboxylic acids is 1. The summed E-state index contributed by atoms with van der Waals surface area (Å²) in [5.41, 5.74) is 6.53. The van der Waals surface area contributed by atoms with Gasteiger partial charge in [0.05, 0.1) is 30.4 Å². The van der Waals surface area contributed by atoms with E-state index in [1.165, 1.54) is 19.5 Å². The number of rotatable bonds is 2. The molecule has 1 aromatic rings. The summed E-state index contributed by atoms with van der Waals surface area (Å²) in [5, 5.41) is 0.380. The maximum atomic E-state index is 10.9. The summed E-state index contributed by atoms with van der Waals surface area (Å²) in [6.45, 7) is 0. The highest BCUT2D eigenvalue weighted by atomic mass is 35.5. The minimum absolute atomic E-state index is 0.0731. The van der Waals surface area contributed by atoms with Crippen LogP contribution < -0.4 is 5.73 Å². The molecule has 0 aliphatic carbocycles. The van der Waals surface area contributed by atoms with Crippen molar-refractivity contribution in [2.45, 2.75) is 6.42 Å². The summed E-state index contributed by atoms with van der Waals surface area (Å²) in [6.07, 6.45) is 2.96. The van der Waals surface area contributed by atoms with Crippen LogP contribution in [0.25, 0.3) is 0 Å². The van der Waals surface area contributed by atoms with Crippen LogP contribution in [-0.2, 0) is 16.0 Å². The van der Waals surface area contributed by atoms with Crippen molar-refractivity contribution in [3.63, 3.8) is 0 Å². The number of halogens is 1. The van der Waals surface area contributed by atoms with Crippen molar-refractivity contribution < 1.29 is 9.53 Å². The van der Waals surface area contributed by atoms with E-state index in [4.69, 9.17) is 17.3 Å². The molecule has 0 atom stereocenters. The lowest BCUT2D eigenvalue weighted by Gasteiger charge is -2.05. The third-order valence-electron chi connectivity index (χ3n) is 1.59. The van der Waals surface area contributed by atoms with Crippen molar-refractivity contribution in [3.8, 4) is 0 Å². The van der Waals surface area contributed by atoms with Crippen LogP contribution in [0, 0.1) is 0 Å². The maximum absolute atomic E-state index is 10.9. The second-order valence-corrected chi connectivity index (χ2v) is 2.85. The number of anilines is 1. The van der Waals surface area contributed by atoms with E-state index in [-0.39, 0.29) is 12.4 Å². The van der Waals surface area contributed by atoms with Crippen molar-refractivity contribution >= 4 is 23.3 Å². The zero-order valence-electron chi connectivity index (χ0n) is 7.08. The summed E-state index contributed by atoms with van der Waals surface area (Å²) >= 11 is 5.78. The Kier molecular flexibility index (Phi) is 3.08. The molecule has 0 fully saturated rings. The van der Waals surface area contributed by atoms with Gasteiger partial charge < -0.3 is 10.5 Å². The highest BCUT2D eigenvalue weighted by molar-refractivity contribution is 6.31. The maximum Gasteiger partial charge on any atom is 0.310 e. The van der Waals surface area contributed by atoms with E-state index in [1.54, 1.807) is 0 Å². The van der Waals surface area contributed by atoms with E-state index in [2.05, 4.69) is 9.72 Å². The van der Waals surface area contributed by atoms with Gasteiger partial charge in [0.15, 0.2) is 0 Å². The summed E-state index contributed by atoms with van der Waals surface area (Å²) in [5.74, 6) is -0.375. The SMILES string of the molecule is COC(=O)Cc1c(N)cncc1Cl. The number of hydrogen-bond donors (Lipinski definition) is 1. The lowest BCUT2D eigenvalue weighted by atomic mass is 10.1. The second kappa shape index (κ2) is 4.09. The molecule has 0 saturated carbocycles. The monoisotopic (exact) mass is 200 g/mol. The number of ether oxygens (including phenoxy) is 1. The van der Waals surface area contributed by atoms with E-state index in [0.29, 0.717) is 16.3 Å².